The Labute approximate surface area is 116 Å². The second-order valence-electron chi connectivity index (χ2n) is 4.97. The fourth-order valence-electron chi connectivity index (χ4n) is 2.27. The van der Waals surface area contributed by atoms with Crippen molar-refractivity contribution in [3.63, 3.8) is 0 Å². The maximum atomic E-state index is 12.7. The lowest BCUT2D eigenvalue weighted by molar-refractivity contribution is 0.349. The highest BCUT2D eigenvalue weighted by molar-refractivity contribution is 7.89. The third-order valence-electron chi connectivity index (χ3n) is 3.66. The van der Waals surface area contributed by atoms with Gasteiger partial charge in [-0.25, -0.2) is 8.42 Å². The summed E-state index contributed by atoms with van der Waals surface area (Å²) in [6.07, 6.45) is 1.60. The van der Waals surface area contributed by atoms with Crippen molar-refractivity contribution in [1.82, 2.24) is 4.31 Å². The summed E-state index contributed by atoms with van der Waals surface area (Å²) in [6, 6.07) is 3.51. The van der Waals surface area contributed by atoms with Gasteiger partial charge in [-0.1, -0.05) is 13.8 Å². The topological polar surface area (TPSA) is 63.4 Å². The summed E-state index contributed by atoms with van der Waals surface area (Å²) in [5.41, 5.74) is 7.89. The molecule has 1 aromatic carbocycles. The zero-order valence-electron chi connectivity index (χ0n) is 12.4. The van der Waals surface area contributed by atoms with Gasteiger partial charge in [-0.15, -0.1) is 0 Å². The summed E-state index contributed by atoms with van der Waals surface area (Å²) in [4.78, 5) is 0.319. The molecule has 0 saturated carbocycles. The first kappa shape index (κ1) is 16.0. The highest BCUT2D eigenvalue weighted by Crippen LogP contribution is 2.27. The van der Waals surface area contributed by atoms with Crippen molar-refractivity contribution in [3.8, 4) is 0 Å². The van der Waals surface area contributed by atoms with Crippen LogP contribution in [0.2, 0.25) is 0 Å². The van der Waals surface area contributed by atoms with Gasteiger partial charge in [0.1, 0.15) is 0 Å². The van der Waals surface area contributed by atoms with Gasteiger partial charge < -0.3 is 5.73 Å². The Kier molecular flexibility index (Phi) is 4.98. The normalized spacial score (nSPS) is 12.4. The average molecular weight is 284 g/mol. The maximum Gasteiger partial charge on any atom is 0.243 e. The molecule has 0 aromatic heterocycles. The Balaban J connectivity index is 3.35. The molecule has 0 heterocycles. The molecule has 0 atom stereocenters. The molecule has 1 rings (SSSR count). The first-order valence-corrected chi connectivity index (χ1v) is 8.04. The number of hydrogen-bond acceptors (Lipinski definition) is 3. The van der Waals surface area contributed by atoms with Gasteiger partial charge in [0.05, 0.1) is 4.90 Å². The number of sulfonamides is 1. The van der Waals surface area contributed by atoms with E-state index >= 15 is 0 Å². The van der Waals surface area contributed by atoms with Crippen molar-refractivity contribution in [2.45, 2.75) is 51.5 Å². The largest absolute Gasteiger partial charge is 0.398 e. The van der Waals surface area contributed by atoms with Crippen molar-refractivity contribution in [1.29, 1.82) is 0 Å². The molecule has 0 radical (unpaired) electrons. The molecule has 19 heavy (non-hydrogen) atoms. The van der Waals surface area contributed by atoms with E-state index < -0.39 is 10.0 Å². The zero-order chi connectivity index (χ0) is 14.8. The van der Waals surface area contributed by atoms with Crippen LogP contribution >= 0.6 is 0 Å². The molecule has 0 aliphatic rings. The predicted molar refractivity (Wildman–Crippen MR) is 79.6 cm³/mol. The molecule has 0 unspecified atom stereocenters. The molecule has 0 saturated heterocycles. The van der Waals surface area contributed by atoms with Gasteiger partial charge in [0.25, 0.3) is 0 Å². The molecule has 0 spiro atoms. The predicted octanol–water partition coefficient (Wildman–Crippen LogP) is 2.69. The number of nitrogens with two attached hydrogens (primary N) is 1. The summed E-state index contributed by atoms with van der Waals surface area (Å²) in [5.74, 6) is 0. The Hall–Kier alpha value is -1.07. The van der Waals surface area contributed by atoms with Crippen LogP contribution in [0.25, 0.3) is 0 Å². The second-order valence-corrected chi connectivity index (χ2v) is 6.93. The highest BCUT2D eigenvalue weighted by Gasteiger charge is 2.28. The number of nitrogens with zero attached hydrogens (tertiary/aromatic N) is 1. The number of rotatable bonds is 5. The van der Waals surface area contributed by atoms with Crippen LogP contribution in [0, 0.1) is 13.8 Å². The molecular weight excluding hydrogens is 260 g/mol. The zero-order valence-corrected chi connectivity index (χ0v) is 13.2. The van der Waals surface area contributed by atoms with Crippen molar-refractivity contribution in [3.05, 3.63) is 23.3 Å². The molecule has 5 heteroatoms. The lowest BCUT2D eigenvalue weighted by atomic mass is 10.1. The molecule has 0 fully saturated rings. The molecule has 4 nitrogen and oxygen atoms in total. The van der Waals surface area contributed by atoms with E-state index in [1.54, 1.807) is 26.1 Å². The van der Waals surface area contributed by atoms with Gasteiger partial charge in [0, 0.05) is 18.8 Å². The van der Waals surface area contributed by atoms with Gasteiger partial charge >= 0.3 is 0 Å². The van der Waals surface area contributed by atoms with Crippen LogP contribution in [0.4, 0.5) is 5.69 Å². The van der Waals surface area contributed by atoms with E-state index in [0.717, 1.165) is 18.4 Å². The molecule has 0 aliphatic heterocycles. The van der Waals surface area contributed by atoms with Gasteiger partial charge in [-0.2, -0.15) is 4.31 Å². The average Bonchev–Trinajstić information content (AvgIpc) is 2.34. The van der Waals surface area contributed by atoms with Crippen LogP contribution < -0.4 is 5.73 Å². The summed E-state index contributed by atoms with van der Waals surface area (Å²) < 4.78 is 26.8. The van der Waals surface area contributed by atoms with Crippen LogP contribution in [-0.4, -0.2) is 25.8 Å². The van der Waals surface area contributed by atoms with Gasteiger partial charge in [-0.3, -0.25) is 0 Å². The van der Waals surface area contributed by atoms with E-state index in [0.29, 0.717) is 16.1 Å². The van der Waals surface area contributed by atoms with Crippen LogP contribution in [-0.2, 0) is 10.0 Å². The maximum absolute atomic E-state index is 12.7. The molecule has 2 N–H and O–H groups in total. The van der Waals surface area contributed by atoms with E-state index in [9.17, 15) is 8.42 Å². The lowest BCUT2D eigenvalue weighted by Gasteiger charge is -2.26. The fraction of sp³-hybridized carbons (Fsp3) is 0.571. The molecular formula is C14H24N2O2S. The number of aryl methyl sites for hydroxylation is 1. The molecule has 0 amide bonds. The van der Waals surface area contributed by atoms with Crippen molar-refractivity contribution in [2.75, 3.05) is 12.8 Å². The third kappa shape index (κ3) is 3.09. The van der Waals surface area contributed by atoms with Gasteiger partial charge in [0.15, 0.2) is 0 Å². The van der Waals surface area contributed by atoms with Crippen LogP contribution in [0.5, 0.6) is 0 Å². The smallest absolute Gasteiger partial charge is 0.243 e. The fourth-order valence-corrected chi connectivity index (χ4v) is 4.12. The Morgan fingerprint density at radius 2 is 1.74 bits per heavy atom. The summed E-state index contributed by atoms with van der Waals surface area (Å²) >= 11 is 0. The van der Waals surface area contributed by atoms with E-state index in [4.69, 9.17) is 5.73 Å². The number of benzene rings is 1. The summed E-state index contributed by atoms with van der Waals surface area (Å²) in [7, 11) is -1.84. The van der Waals surface area contributed by atoms with Crippen LogP contribution in [0.3, 0.4) is 0 Å². The number of anilines is 1. The standard InChI is InChI=1S/C14H24N2O2S/c1-6-12(7-2)16(5)19(17,18)14-9-10(3)8-13(15)11(14)4/h8-9,12H,6-7,15H2,1-5H3. The minimum Gasteiger partial charge on any atom is -0.398 e. The Morgan fingerprint density at radius 3 is 2.21 bits per heavy atom. The third-order valence-corrected chi connectivity index (χ3v) is 5.69. The van der Waals surface area contributed by atoms with E-state index in [1.165, 1.54) is 4.31 Å². The number of nitrogen functional groups attached to an aromatic ring is 1. The van der Waals surface area contributed by atoms with E-state index in [2.05, 4.69) is 0 Å². The summed E-state index contributed by atoms with van der Waals surface area (Å²) in [5, 5.41) is 0. The monoisotopic (exact) mass is 284 g/mol. The number of hydrogen-bond donors (Lipinski definition) is 1. The lowest BCUT2D eigenvalue weighted by Crippen LogP contribution is -2.36. The second kappa shape index (κ2) is 5.92. The SMILES string of the molecule is CCC(CC)N(C)S(=O)(=O)c1cc(C)cc(N)c1C. The highest BCUT2D eigenvalue weighted by atomic mass is 32.2. The molecule has 0 aliphatic carbocycles. The summed E-state index contributed by atoms with van der Waals surface area (Å²) in [6.45, 7) is 7.60. The Morgan fingerprint density at radius 1 is 1.21 bits per heavy atom. The first-order chi connectivity index (χ1) is 8.75. The first-order valence-electron chi connectivity index (χ1n) is 6.60. The minimum absolute atomic E-state index is 0.0196. The van der Waals surface area contributed by atoms with Crippen molar-refractivity contribution >= 4 is 15.7 Å². The van der Waals surface area contributed by atoms with E-state index in [1.807, 2.05) is 20.8 Å². The Bertz CT molecular complexity index is 549. The van der Waals surface area contributed by atoms with Crippen LogP contribution in [0.1, 0.15) is 37.8 Å². The van der Waals surface area contributed by atoms with Crippen LogP contribution in [0.15, 0.2) is 17.0 Å². The van der Waals surface area contributed by atoms with Crippen molar-refractivity contribution in [2.24, 2.45) is 0 Å². The molecule has 108 valence electrons. The quantitative estimate of drug-likeness (QED) is 0.846. The minimum atomic E-state index is -3.48. The van der Waals surface area contributed by atoms with Gasteiger partial charge in [-0.05, 0) is 49.9 Å². The van der Waals surface area contributed by atoms with Crippen molar-refractivity contribution < 1.29 is 8.42 Å². The molecule has 0 bridgehead atoms. The van der Waals surface area contributed by atoms with E-state index in [-0.39, 0.29) is 6.04 Å². The van der Waals surface area contributed by atoms with Gasteiger partial charge in [0.2, 0.25) is 10.0 Å². The molecule has 1 aromatic rings.